The second-order valence-corrected chi connectivity index (χ2v) is 10.6. The third kappa shape index (κ3) is 9.89. The number of carbonyl (C=O) groups is 2. The lowest BCUT2D eigenvalue weighted by molar-refractivity contribution is -0.148. The molecule has 4 aromatic rings. The fraction of sp³-hybridized carbons (Fsp3) is 0.243. The molecule has 0 aliphatic carbocycles. The molecule has 4 rings (SSSR count). The third-order valence-corrected chi connectivity index (χ3v) is 6.67. The lowest BCUT2D eigenvalue weighted by Gasteiger charge is -2.21. The van der Waals surface area contributed by atoms with E-state index in [1.807, 2.05) is 97.9 Å². The second-order valence-electron chi connectivity index (χ2n) is 10.6. The minimum absolute atomic E-state index is 0.0902. The van der Waals surface area contributed by atoms with Gasteiger partial charge in [0.05, 0.1) is 0 Å². The highest BCUT2D eigenvalue weighted by atomic mass is 16.6. The molecule has 2 unspecified atom stereocenters. The number of carbonyl (C=O) groups excluding carboxylic acids is 2. The molecular formula is C37H38O8. The molecule has 0 N–H and O–H groups in total. The van der Waals surface area contributed by atoms with Crippen molar-refractivity contribution in [2.45, 2.75) is 33.0 Å². The lowest BCUT2D eigenvalue weighted by Crippen LogP contribution is -2.31. The first-order valence-electron chi connectivity index (χ1n) is 14.6. The predicted molar refractivity (Wildman–Crippen MR) is 173 cm³/mol. The summed E-state index contributed by atoms with van der Waals surface area (Å²) in [5.74, 6) is 1.57. The predicted octanol–water partition coefficient (Wildman–Crippen LogP) is 7.04. The van der Waals surface area contributed by atoms with Gasteiger partial charge in [0, 0.05) is 11.1 Å². The molecule has 0 heterocycles. The summed E-state index contributed by atoms with van der Waals surface area (Å²) >= 11 is 0. The van der Waals surface area contributed by atoms with E-state index in [9.17, 15) is 9.59 Å². The highest BCUT2D eigenvalue weighted by Gasteiger charge is 2.20. The van der Waals surface area contributed by atoms with E-state index in [2.05, 4.69) is 13.2 Å². The van der Waals surface area contributed by atoms with E-state index in [1.54, 1.807) is 13.8 Å². The maximum atomic E-state index is 12.2. The van der Waals surface area contributed by atoms with Crippen LogP contribution < -0.4 is 18.9 Å². The molecule has 0 aliphatic rings. The molecule has 0 aromatic heterocycles. The van der Waals surface area contributed by atoms with Crippen LogP contribution in [0.1, 0.15) is 19.4 Å². The summed E-state index contributed by atoms with van der Waals surface area (Å²) in [7, 11) is 0. The van der Waals surface area contributed by atoms with Crippen LogP contribution in [0.25, 0.3) is 10.8 Å². The quantitative estimate of drug-likeness (QED) is 0.0986. The highest BCUT2D eigenvalue weighted by molar-refractivity contribution is 5.89. The highest BCUT2D eigenvalue weighted by Crippen LogP contribution is 2.30. The summed E-state index contributed by atoms with van der Waals surface area (Å²) in [4.78, 5) is 24.5. The van der Waals surface area contributed by atoms with Gasteiger partial charge in [-0.1, -0.05) is 61.7 Å². The molecule has 0 saturated heterocycles. The number of esters is 2. The van der Waals surface area contributed by atoms with Crippen LogP contribution in [-0.4, -0.2) is 50.6 Å². The summed E-state index contributed by atoms with van der Waals surface area (Å²) in [6.07, 6.45) is -1.31. The molecule has 0 radical (unpaired) electrons. The molecule has 0 fully saturated rings. The van der Waals surface area contributed by atoms with Crippen molar-refractivity contribution >= 4 is 22.7 Å². The van der Waals surface area contributed by atoms with Gasteiger partial charge in [-0.2, -0.15) is 0 Å². The van der Waals surface area contributed by atoms with E-state index in [0.29, 0.717) is 34.1 Å². The standard InChI is InChI=1S/C37H38O8/c1-25(2)36(38)44-32(21-40-29-12-8-6-9-13-29)23-42-31-17-18-34-27(5)35(19-16-28(34)20-31)43-24-33(45-37(39)26(3)4)22-41-30-14-10-7-11-15-30/h6-20,32-33H,1,3,21-24H2,2,4-5H3. The van der Waals surface area contributed by atoms with Crippen LogP contribution in [0.3, 0.4) is 0 Å². The molecule has 0 spiro atoms. The molecule has 2 atom stereocenters. The molecule has 0 bridgehead atoms. The van der Waals surface area contributed by atoms with E-state index >= 15 is 0 Å². The normalized spacial score (nSPS) is 12.0. The summed E-state index contributed by atoms with van der Waals surface area (Å²) in [5, 5.41) is 1.90. The largest absolute Gasteiger partial charge is 0.490 e. The van der Waals surface area contributed by atoms with Crippen LogP contribution in [0.5, 0.6) is 23.0 Å². The van der Waals surface area contributed by atoms with Gasteiger partial charge in [-0.25, -0.2) is 9.59 Å². The van der Waals surface area contributed by atoms with Crippen LogP contribution in [0, 0.1) is 6.92 Å². The van der Waals surface area contributed by atoms with Crippen molar-refractivity contribution in [2.75, 3.05) is 26.4 Å². The Bertz CT molecular complexity index is 1610. The Labute approximate surface area is 263 Å². The van der Waals surface area contributed by atoms with E-state index in [4.69, 9.17) is 28.4 Å². The summed E-state index contributed by atoms with van der Waals surface area (Å²) in [5.41, 5.74) is 1.50. The van der Waals surface area contributed by atoms with Crippen LogP contribution in [0.2, 0.25) is 0 Å². The molecule has 8 heteroatoms. The minimum atomic E-state index is -0.655. The fourth-order valence-corrected chi connectivity index (χ4v) is 4.21. The summed E-state index contributed by atoms with van der Waals surface area (Å²) < 4.78 is 34.9. The monoisotopic (exact) mass is 610 g/mol. The maximum Gasteiger partial charge on any atom is 0.333 e. The number of benzene rings is 4. The van der Waals surface area contributed by atoms with Crippen LogP contribution in [0.15, 0.2) is 115 Å². The second kappa shape index (κ2) is 16.0. The Morgan fingerprint density at radius 1 is 0.600 bits per heavy atom. The van der Waals surface area contributed by atoms with Crippen LogP contribution in [0.4, 0.5) is 0 Å². The lowest BCUT2D eigenvalue weighted by atomic mass is 10.0. The number of hydrogen-bond acceptors (Lipinski definition) is 8. The van der Waals surface area contributed by atoms with Crippen molar-refractivity contribution in [3.8, 4) is 23.0 Å². The first kappa shape index (κ1) is 32.7. The Hall–Kier alpha value is -5.24. The van der Waals surface area contributed by atoms with Crippen LogP contribution >= 0.6 is 0 Å². The Morgan fingerprint density at radius 3 is 1.56 bits per heavy atom. The van der Waals surface area contributed by atoms with Gasteiger partial charge in [0.15, 0.2) is 12.2 Å². The van der Waals surface area contributed by atoms with Gasteiger partial charge in [-0.05, 0) is 79.6 Å². The zero-order chi connectivity index (χ0) is 32.2. The van der Waals surface area contributed by atoms with Gasteiger partial charge >= 0.3 is 11.9 Å². The summed E-state index contributed by atoms with van der Waals surface area (Å²) in [6, 6.07) is 28.1. The topological polar surface area (TPSA) is 89.5 Å². The summed E-state index contributed by atoms with van der Waals surface area (Å²) in [6.45, 7) is 12.9. The van der Waals surface area contributed by atoms with E-state index in [-0.39, 0.29) is 26.4 Å². The van der Waals surface area contributed by atoms with Crippen LogP contribution in [-0.2, 0) is 19.1 Å². The van der Waals surface area contributed by atoms with Gasteiger partial charge < -0.3 is 28.4 Å². The SMILES string of the molecule is C=C(C)C(=O)OC(COc1ccccc1)COc1ccc2c(C)c(OCC(COc3ccccc3)OC(=O)C(=C)C)ccc2c1. The Balaban J connectivity index is 1.41. The Kier molecular flexibility index (Phi) is 11.6. The molecule has 234 valence electrons. The number of fused-ring (bicyclic) bond motifs is 1. The smallest absolute Gasteiger partial charge is 0.333 e. The number of rotatable bonds is 16. The molecule has 4 aromatic carbocycles. The van der Waals surface area contributed by atoms with Crippen molar-refractivity contribution in [3.63, 3.8) is 0 Å². The minimum Gasteiger partial charge on any atom is -0.490 e. The number of para-hydroxylation sites is 2. The third-order valence-electron chi connectivity index (χ3n) is 6.67. The average molecular weight is 611 g/mol. The molecule has 45 heavy (non-hydrogen) atoms. The average Bonchev–Trinajstić information content (AvgIpc) is 3.05. The van der Waals surface area contributed by atoms with Crippen molar-refractivity contribution < 1.29 is 38.0 Å². The zero-order valence-corrected chi connectivity index (χ0v) is 25.8. The van der Waals surface area contributed by atoms with E-state index in [0.717, 1.165) is 16.3 Å². The van der Waals surface area contributed by atoms with Crippen molar-refractivity contribution in [3.05, 3.63) is 121 Å². The fourth-order valence-electron chi connectivity index (χ4n) is 4.21. The van der Waals surface area contributed by atoms with Crippen molar-refractivity contribution in [1.82, 2.24) is 0 Å². The molecule has 0 amide bonds. The zero-order valence-electron chi connectivity index (χ0n) is 25.8. The molecule has 8 nitrogen and oxygen atoms in total. The number of aryl methyl sites for hydroxylation is 1. The molecule has 0 aliphatic heterocycles. The number of hydrogen-bond donors (Lipinski definition) is 0. The van der Waals surface area contributed by atoms with E-state index < -0.39 is 24.1 Å². The molecule has 0 saturated carbocycles. The van der Waals surface area contributed by atoms with Gasteiger partial charge in [-0.3, -0.25) is 0 Å². The van der Waals surface area contributed by atoms with Crippen molar-refractivity contribution in [1.29, 1.82) is 0 Å². The van der Waals surface area contributed by atoms with Gasteiger partial charge in [-0.15, -0.1) is 0 Å². The first-order chi connectivity index (χ1) is 21.7. The number of ether oxygens (including phenoxy) is 6. The van der Waals surface area contributed by atoms with Gasteiger partial charge in [0.1, 0.15) is 49.4 Å². The van der Waals surface area contributed by atoms with Gasteiger partial charge in [0.25, 0.3) is 0 Å². The van der Waals surface area contributed by atoms with E-state index in [1.165, 1.54) is 0 Å². The van der Waals surface area contributed by atoms with Gasteiger partial charge in [0.2, 0.25) is 0 Å². The Morgan fingerprint density at radius 2 is 1.07 bits per heavy atom. The maximum absolute atomic E-state index is 12.2. The molecular weight excluding hydrogens is 572 g/mol. The van der Waals surface area contributed by atoms with Crippen molar-refractivity contribution in [2.24, 2.45) is 0 Å². The first-order valence-corrected chi connectivity index (χ1v) is 14.6.